The number of imidazole rings is 1. The molecule has 0 saturated heterocycles. The third-order valence-corrected chi connectivity index (χ3v) is 3.97. The summed E-state index contributed by atoms with van der Waals surface area (Å²) in [4.78, 5) is 16.2. The van der Waals surface area contributed by atoms with E-state index in [0.717, 1.165) is 16.4 Å². The predicted octanol–water partition coefficient (Wildman–Crippen LogP) is 3.92. The number of ether oxygens (including phenoxy) is 2. The molecule has 4 aromatic rings. The summed E-state index contributed by atoms with van der Waals surface area (Å²) in [5.74, 6) is 2.23. The molecule has 0 unspecified atom stereocenters. The molecular formula is C17H14ClN5O2. The van der Waals surface area contributed by atoms with Gasteiger partial charge in [0.25, 0.3) is 0 Å². The van der Waals surface area contributed by atoms with E-state index in [1.54, 1.807) is 26.4 Å². The molecule has 0 aliphatic heterocycles. The monoisotopic (exact) mass is 355 g/mol. The molecular weight excluding hydrogens is 342 g/mol. The van der Waals surface area contributed by atoms with Crippen molar-refractivity contribution in [3.05, 3.63) is 41.7 Å². The molecule has 0 amide bonds. The van der Waals surface area contributed by atoms with Crippen molar-refractivity contribution in [2.75, 3.05) is 19.5 Å². The summed E-state index contributed by atoms with van der Waals surface area (Å²) in [6, 6.07) is 11.3. The topological polar surface area (TPSA) is 85.0 Å². The molecule has 0 aliphatic rings. The molecule has 0 bridgehead atoms. The van der Waals surface area contributed by atoms with Gasteiger partial charge in [-0.3, -0.25) is 0 Å². The second kappa shape index (κ2) is 6.10. The van der Waals surface area contributed by atoms with Crippen molar-refractivity contribution in [3.8, 4) is 11.5 Å². The van der Waals surface area contributed by atoms with Crippen LogP contribution in [0.2, 0.25) is 5.28 Å². The lowest BCUT2D eigenvalue weighted by Crippen LogP contribution is -2.00. The molecule has 0 aliphatic carbocycles. The Labute approximate surface area is 148 Å². The summed E-state index contributed by atoms with van der Waals surface area (Å²) in [6.07, 6.45) is 0. The molecule has 0 spiro atoms. The predicted molar refractivity (Wildman–Crippen MR) is 97.0 cm³/mol. The van der Waals surface area contributed by atoms with E-state index in [4.69, 9.17) is 21.1 Å². The molecule has 0 saturated carbocycles. The van der Waals surface area contributed by atoms with Gasteiger partial charge in [0.2, 0.25) is 11.2 Å². The maximum absolute atomic E-state index is 6.07. The molecule has 2 N–H and O–H groups in total. The highest BCUT2D eigenvalue weighted by molar-refractivity contribution is 6.28. The molecule has 0 fully saturated rings. The van der Waals surface area contributed by atoms with Gasteiger partial charge >= 0.3 is 0 Å². The van der Waals surface area contributed by atoms with Gasteiger partial charge in [0.1, 0.15) is 5.82 Å². The first-order valence-electron chi connectivity index (χ1n) is 7.49. The normalized spacial score (nSPS) is 11.0. The summed E-state index contributed by atoms with van der Waals surface area (Å²) in [5, 5.41) is 4.03. The number of halogens is 1. The number of hydrogen-bond donors (Lipinski definition) is 2. The quantitative estimate of drug-likeness (QED) is 0.540. The number of fused-ring (bicyclic) bond motifs is 2. The lowest BCUT2D eigenvalue weighted by molar-refractivity contribution is 0.356. The minimum absolute atomic E-state index is 0.123. The summed E-state index contributed by atoms with van der Waals surface area (Å²) in [5.41, 5.74) is 2.42. The number of aromatic nitrogens is 4. The zero-order valence-corrected chi connectivity index (χ0v) is 14.3. The molecule has 4 rings (SSSR count). The summed E-state index contributed by atoms with van der Waals surface area (Å²) >= 11 is 6.07. The van der Waals surface area contributed by atoms with E-state index in [9.17, 15) is 0 Å². The summed E-state index contributed by atoms with van der Waals surface area (Å²) in [7, 11) is 3.15. The number of nitrogens with one attached hydrogen (secondary N) is 2. The number of rotatable bonds is 4. The first kappa shape index (κ1) is 15.5. The number of benzene rings is 2. The zero-order chi connectivity index (χ0) is 17.4. The highest BCUT2D eigenvalue weighted by Gasteiger charge is 2.14. The smallest absolute Gasteiger partial charge is 0.224 e. The fraction of sp³-hybridized carbons (Fsp3) is 0.118. The molecule has 25 heavy (non-hydrogen) atoms. The van der Waals surface area contributed by atoms with Crippen LogP contribution in [0.15, 0.2) is 36.4 Å². The number of anilines is 2. The molecule has 2 aromatic heterocycles. The number of H-pyrrole nitrogens is 1. The van der Waals surface area contributed by atoms with Crippen LogP contribution < -0.4 is 14.8 Å². The third-order valence-electron chi connectivity index (χ3n) is 3.80. The Morgan fingerprint density at radius 2 is 1.72 bits per heavy atom. The number of para-hydroxylation sites is 2. The van der Waals surface area contributed by atoms with Gasteiger partial charge in [-0.25, -0.2) is 9.97 Å². The van der Waals surface area contributed by atoms with Gasteiger partial charge in [-0.2, -0.15) is 4.98 Å². The van der Waals surface area contributed by atoms with Crippen molar-refractivity contribution >= 4 is 45.3 Å². The van der Waals surface area contributed by atoms with Crippen LogP contribution in [0.4, 0.5) is 11.8 Å². The van der Waals surface area contributed by atoms with Gasteiger partial charge in [0.15, 0.2) is 11.5 Å². The number of nitrogens with zero attached hydrogens (tertiary/aromatic N) is 3. The first-order chi connectivity index (χ1) is 12.2. The average Bonchev–Trinajstić information content (AvgIpc) is 3.02. The van der Waals surface area contributed by atoms with Crippen molar-refractivity contribution in [3.63, 3.8) is 0 Å². The highest BCUT2D eigenvalue weighted by atomic mass is 35.5. The lowest BCUT2D eigenvalue weighted by atomic mass is 10.2. The second-order valence-corrected chi connectivity index (χ2v) is 5.63. The molecule has 7 nitrogen and oxygen atoms in total. The molecule has 2 heterocycles. The Bertz CT molecular complexity index is 1050. The van der Waals surface area contributed by atoms with E-state index in [2.05, 4.69) is 25.3 Å². The van der Waals surface area contributed by atoms with Crippen LogP contribution >= 0.6 is 11.6 Å². The van der Waals surface area contributed by atoms with Crippen LogP contribution in [-0.2, 0) is 0 Å². The Morgan fingerprint density at radius 1 is 0.960 bits per heavy atom. The van der Waals surface area contributed by atoms with Crippen LogP contribution in [0.1, 0.15) is 0 Å². The van der Waals surface area contributed by atoms with Crippen molar-refractivity contribution in [2.45, 2.75) is 0 Å². The van der Waals surface area contributed by atoms with Crippen LogP contribution in [0.5, 0.6) is 11.5 Å². The zero-order valence-electron chi connectivity index (χ0n) is 13.5. The van der Waals surface area contributed by atoms with Crippen molar-refractivity contribution in [1.82, 2.24) is 19.9 Å². The molecule has 0 atom stereocenters. The van der Waals surface area contributed by atoms with Crippen molar-refractivity contribution < 1.29 is 9.47 Å². The van der Waals surface area contributed by atoms with Crippen LogP contribution in [-0.4, -0.2) is 34.2 Å². The van der Waals surface area contributed by atoms with E-state index >= 15 is 0 Å². The van der Waals surface area contributed by atoms with Crippen LogP contribution in [0, 0.1) is 0 Å². The minimum atomic E-state index is 0.123. The van der Waals surface area contributed by atoms with E-state index in [1.165, 1.54) is 0 Å². The van der Waals surface area contributed by atoms with Gasteiger partial charge in [0.05, 0.1) is 30.8 Å². The Morgan fingerprint density at radius 3 is 2.48 bits per heavy atom. The Kier molecular flexibility index (Phi) is 3.77. The third kappa shape index (κ3) is 2.78. The second-order valence-electron chi connectivity index (χ2n) is 5.29. The first-order valence-corrected chi connectivity index (χ1v) is 7.87. The van der Waals surface area contributed by atoms with Gasteiger partial charge in [-0.15, -0.1) is 0 Å². The highest BCUT2D eigenvalue weighted by Crippen LogP contribution is 2.35. The number of aromatic amines is 1. The van der Waals surface area contributed by atoms with E-state index < -0.39 is 0 Å². The van der Waals surface area contributed by atoms with Gasteiger partial charge in [-0.05, 0) is 29.8 Å². The molecule has 2 aromatic carbocycles. The Hall–Kier alpha value is -3.06. The van der Waals surface area contributed by atoms with Gasteiger partial charge in [0, 0.05) is 11.5 Å². The maximum Gasteiger partial charge on any atom is 0.224 e. The van der Waals surface area contributed by atoms with Gasteiger partial charge < -0.3 is 19.8 Å². The molecule has 8 heteroatoms. The lowest BCUT2D eigenvalue weighted by Gasteiger charge is -2.11. The Balaban J connectivity index is 1.85. The summed E-state index contributed by atoms with van der Waals surface area (Å²) in [6.45, 7) is 0. The molecule has 0 radical (unpaired) electrons. The van der Waals surface area contributed by atoms with Crippen LogP contribution in [0.3, 0.4) is 0 Å². The van der Waals surface area contributed by atoms with Crippen molar-refractivity contribution in [2.24, 2.45) is 0 Å². The van der Waals surface area contributed by atoms with E-state index in [0.29, 0.717) is 28.8 Å². The molecule has 126 valence electrons. The van der Waals surface area contributed by atoms with Crippen LogP contribution in [0.25, 0.3) is 21.9 Å². The van der Waals surface area contributed by atoms with Gasteiger partial charge in [-0.1, -0.05) is 12.1 Å². The number of hydrogen-bond acceptors (Lipinski definition) is 6. The standard InChI is InChI=1S/C17H14ClN5O2/c1-24-13-7-9-12(8-14(13)25-2)19-16(18)22-15(9)23-17-20-10-5-3-4-6-11(10)21-17/h3-8H,1-2H3,(H2,19,20,21,22,23). The largest absolute Gasteiger partial charge is 0.493 e. The summed E-state index contributed by atoms with van der Waals surface area (Å²) < 4.78 is 10.7. The van der Waals surface area contributed by atoms with E-state index in [1.807, 2.05) is 24.3 Å². The van der Waals surface area contributed by atoms with Crippen molar-refractivity contribution in [1.29, 1.82) is 0 Å². The SMILES string of the molecule is COc1cc2nc(Cl)nc(Nc3nc4ccccc4[nH]3)c2cc1OC. The fourth-order valence-electron chi connectivity index (χ4n) is 2.65. The minimum Gasteiger partial charge on any atom is -0.493 e. The number of methoxy groups -OCH3 is 2. The average molecular weight is 356 g/mol. The maximum atomic E-state index is 6.07. The van der Waals surface area contributed by atoms with E-state index in [-0.39, 0.29) is 5.28 Å². The fourth-order valence-corrected chi connectivity index (χ4v) is 2.82.